The van der Waals surface area contributed by atoms with Gasteiger partial charge in [-0.15, -0.1) is 0 Å². The molecule has 11 nitrogen and oxygen atoms in total. The summed E-state index contributed by atoms with van der Waals surface area (Å²) in [4.78, 5) is 21.9. The highest BCUT2D eigenvalue weighted by Gasteiger charge is 2.41. The number of likely N-dealkylation sites (tertiary alicyclic amines) is 1. The number of nitrogens with one attached hydrogen (secondary N) is 1. The van der Waals surface area contributed by atoms with Crippen molar-refractivity contribution in [2.75, 3.05) is 30.4 Å². The third kappa shape index (κ3) is 5.63. The molecule has 0 bridgehead atoms. The molecular weight excluding hydrogens is 673 g/mol. The van der Waals surface area contributed by atoms with Crippen LogP contribution in [0.25, 0.3) is 33.1 Å². The zero-order valence-electron chi connectivity index (χ0n) is 28.2. The molecule has 5 aromatic rings. The molecule has 16 heteroatoms. The number of nitrogen functional groups attached to an aromatic ring is 1. The van der Waals surface area contributed by atoms with Crippen LogP contribution in [-0.4, -0.2) is 72.9 Å². The molecule has 3 atom stereocenters. The molecule has 2 fully saturated rings. The van der Waals surface area contributed by atoms with Gasteiger partial charge in [0.25, 0.3) is 0 Å². The molecular formula is C35H36F5N9O2. The minimum Gasteiger partial charge on any atom is -0.475 e. The molecule has 3 N–H and O–H groups in total. The monoisotopic (exact) mass is 709 g/mol. The minimum atomic E-state index is -4.86. The Bertz CT molecular complexity index is 2150. The van der Waals surface area contributed by atoms with Crippen LogP contribution in [0.15, 0.2) is 24.5 Å². The second-order valence-electron chi connectivity index (χ2n) is 13.7. The Balaban J connectivity index is 1.34. The number of nitrogens with zero attached hydrogens (tertiary/aromatic N) is 7. The molecule has 3 aliphatic rings. The van der Waals surface area contributed by atoms with Crippen LogP contribution in [-0.2, 0) is 6.18 Å². The fourth-order valence-corrected chi connectivity index (χ4v) is 7.87. The van der Waals surface area contributed by atoms with E-state index in [4.69, 9.17) is 20.2 Å². The van der Waals surface area contributed by atoms with Crippen molar-refractivity contribution in [3.05, 3.63) is 52.9 Å². The number of hydrogen-bond donors (Lipinski definition) is 2. The predicted molar refractivity (Wildman–Crippen MR) is 179 cm³/mol. The number of aromatic nitrogens is 6. The van der Waals surface area contributed by atoms with E-state index in [2.05, 4.69) is 30.0 Å². The summed E-state index contributed by atoms with van der Waals surface area (Å²) >= 11 is 0. The van der Waals surface area contributed by atoms with Gasteiger partial charge in [-0.3, -0.25) is 10.00 Å². The van der Waals surface area contributed by atoms with Crippen molar-refractivity contribution in [2.24, 2.45) is 0 Å². The van der Waals surface area contributed by atoms with Gasteiger partial charge in [0.2, 0.25) is 5.88 Å². The molecule has 51 heavy (non-hydrogen) atoms. The Kier molecular flexibility index (Phi) is 8.11. The Morgan fingerprint density at radius 1 is 1.10 bits per heavy atom. The van der Waals surface area contributed by atoms with Gasteiger partial charge in [0.15, 0.2) is 5.82 Å². The smallest absolute Gasteiger partial charge is 0.417 e. The second kappa shape index (κ2) is 12.4. The zero-order valence-corrected chi connectivity index (χ0v) is 28.2. The number of pyridine rings is 2. The van der Waals surface area contributed by atoms with Crippen LogP contribution in [0.5, 0.6) is 11.9 Å². The number of fused-ring (bicyclic) bond motifs is 1. The van der Waals surface area contributed by atoms with Crippen molar-refractivity contribution in [3.63, 3.8) is 0 Å². The third-order valence-corrected chi connectivity index (χ3v) is 10.5. The number of ether oxygens (including phenoxy) is 2. The molecule has 2 aliphatic heterocycles. The van der Waals surface area contributed by atoms with E-state index >= 15 is 4.39 Å². The lowest BCUT2D eigenvalue weighted by atomic mass is 9.91. The topological polar surface area (TPSA) is 131 Å². The molecule has 1 aliphatic carbocycles. The van der Waals surface area contributed by atoms with Crippen LogP contribution in [0.3, 0.4) is 0 Å². The first-order chi connectivity index (χ1) is 24.4. The Morgan fingerprint density at radius 3 is 2.65 bits per heavy atom. The minimum absolute atomic E-state index is 0.0280. The highest BCUT2D eigenvalue weighted by Crippen LogP contribution is 2.48. The lowest BCUT2D eigenvalue weighted by molar-refractivity contribution is -0.137. The van der Waals surface area contributed by atoms with E-state index in [-0.39, 0.29) is 70.2 Å². The van der Waals surface area contributed by atoms with Crippen molar-refractivity contribution in [1.29, 1.82) is 0 Å². The molecule has 8 rings (SSSR count). The van der Waals surface area contributed by atoms with Gasteiger partial charge in [0.1, 0.15) is 47.3 Å². The average molecular weight is 710 g/mol. The summed E-state index contributed by atoms with van der Waals surface area (Å²) in [5, 5.41) is 6.69. The Hall–Kier alpha value is -4.86. The van der Waals surface area contributed by atoms with Crippen LogP contribution < -0.4 is 20.1 Å². The number of hydrogen-bond acceptors (Lipinski definition) is 10. The van der Waals surface area contributed by atoms with Crippen molar-refractivity contribution in [3.8, 4) is 23.1 Å². The van der Waals surface area contributed by atoms with E-state index in [1.54, 1.807) is 11.8 Å². The van der Waals surface area contributed by atoms with Gasteiger partial charge in [0, 0.05) is 28.6 Å². The number of anilines is 2. The summed E-state index contributed by atoms with van der Waals surface area (Å²) in [7, 11) is 0. The van der Waals surface area contributed by atoms with Gasteiger partial charge in [-0.05, 0) is 70.7 Å². The van der Waals surface area contributed by atoms with Crippen molar-refractivity contribution >= 4 is 33.4 Å². The number of alkyl halides is 3. The molecule has 0 amide bonds. The first kappa shape index (κ1) is 33.3. The summed E-state index contributed by atoms with van der Waals surface area (Å²) < 4.78 is 88.2. The molecule has 0 radical (unpaired) electrons. The van der Waals surface area contributed by atoms with Crippen molar-refractivity contribution < 1.29 is 31.4 Å². The summed E-state index contributed by atoms with van der Waals surface area (Å²) in [6.45, 7) is 6.05. The number of aryl methyl sites for hydroxylation is 1. The Morgan fingerprint density at radius 2 is 1.90 bits per heavy atom. The first-order valence-electron chi connectivity index (χ1n) is 17.1. The van der Waals surface area contributed by atoms with E-state index < -0.39 is 46.7 Å². The average Bonchev–Trinajstić information content (AvgIpc) is 3.69. The molecule has 1 saturated carbocycles. The van der Waals surface area contributed by atoms with Crippen molar-refractivity contribution in [2.45, 2.75) is 83.2 Å². The van der Waals surface area contributed by atoms with Gasteiger partial charge < -0.3 is 20.1 Å². The summed E-state index contributed by atoms with van der Waals surface area (Å²) in [5.41, 5.74) is 4.22. The van der Waals surface area contributed by atoms with Gasteiger partial charge in [-0.2, -0.15) is 28.2 Å². The van der Waals surface area contributed by atoms with Gasteiger partial charge in [-0.25, -0.2) is 18.7 Å². The largest absolute Gasteiger partial charge is 0.475 e. The normalized spacial score (nSPS) is 20.4. The fourth-order valence-electron chi connectivity index (χ4n) is 7.87. The number of rotatable bonds is 7. The number of aromatic amines is 1. The maximum absolute atomic E-state index is 17.2. The standard InChI is InChI=1S/C35H36F5N9O2/c1-16-10-24-23(13-43-47-24)25(27(16)35(38,39)40)29-28(37)30-26-32(46-34(45-30)51-15-21-8-5-9-48(21)20-6-4-7-20)49(17(2)14-50-33(26)44-29)18(3)22-11-19(36)12-42-31(22)41/h10-13,17-18,20-21H,4-9,14-15H2,1-3H3,(H2,41,42)(H,43,47)/t17-,18?,21?/m0/s1. The van der Waals surface area contributed by atoms with Gasteiger partial charge >= 0.3 is 12.2 Å². The van der Waals surface area contributed by atoms with E-state index in [9.17, 15) is 17.6 Å². The van der Waals surface area contributed by atoms with E-state index in [1.165, 1.54) is 31.7 Å². The lowest BCUT2D eigenvalue weighted by Crippen LogP contribution is -2.45. The van der Waals surface area contributed by atoms with Gasteiger partial charge in [0.05, 0.1) is 35.6 Å². The lowest BCUT2D eigenvalue weighted by Gasteiger charge is -2.38. The SMILES string of the molecule is Cc1cc2[nH]ncc2c(-c2nc3c4c(nc(OCC5CCCN5C5CCC5)nc4c2F)N(C(C)c2cc(F)cnc2N)[C@@H](C)CO3)c1C(F)(F)F. The molecule has 1 saturated heterocycles. The summed E-state index contributed by atoms with van der Waals surface area (Å²) in [5.74, 6) is -1.64. The van der Waals surface area contributed by atoms with Crippen LogP contribution in [0, 0.1) is 18.6 Å². The van der Waals surface area contributed by atoms with Crippen LogP contribution >= 0.6 is 0 Å². The number of nitrogens with two attached hydrogens (primary N) is 1. The number of benzene rings is 1. The Labute approximate surface area is 289 Å². The third-order valence-electron chi connectivity index (χ3n) is 10.5. The van der Waals surface area contributed by atoms with Crippen LogP contribution in [0.4, 0.5) is 33.6 Å². The highest BCUT2D eigenvalue weighted by atomic mass is 19.4. The zero-order chi connectivity index (χ0) is 35.8. The summed E-state index contributed by atoms with van der Waals surface area (Å²) in [6, 6.07) is 1.85. The molecule has 0 spiro atoms. The second-order valence-corrected chi connectivity index (χ2v) is 13.7. The van der Waals surface area contributed by atoms with E-state index in [1.807, 2.05) is 6.92 Å². The number of H-pyrrole nitrogens is 1. The van der Waals surface area contributed by atoms with Gasteiger partial charge in [-0.1, -0.05) is 6.42 Å². The molecule has 268 valence electrons. The quantitative estimate of drug-likeness (QED) is 0.172. The van der Waals surface area contributed by atoms with E-state index in [0.717, 1.165) is 38.4 Å². The maximum atomic E-state index is 17.2. The first-order valence-corrected chi connectivity index (χ1v) is 17.1. The predicted octanol–water partition coefficient (Wildman–Crippen LogP) is 6.89. The highest BCUT2D eigenvalue weighted by molar-refractivity contribution is 6.02. The fraction of sp³-hybridized carbons (Fsp3) is 0.457. The van der Waals surface area contributed by atoms with E-state index in [0.29, 0.717) is 11.6 Å². The number of halogens is 5. The summed E-state index contributed by atoms with van der Waals surface area (Å²) in [6.07, 6.45) is 2.74. The van der Waals surface area contributed by atoms with Crippen molar-refractivity contribution in [1.82, 2.24) is 35.0 Å². The molecule has 6 heterocycles. The molecule has 4 aromatic heterocycles. The molecule has 2 unspecified atom stereocenters. The van der Waals surface area contributed by atoms with Crippen LogP contribution in [0.1, 0.15) is 68.7 Å². The van der Waals surface area contributed by atoms with Crippen LogP contribution in [0.2, 0.25) is 0 Å². The molecule has 1 aromatic carbocycles. The maximum Gasteiger partial charge on any atom is 0.417 e.